The van der Waals surface area contributed by atoms with Crippen LogP contribution in [0.4, 0.5) is 4.39 Å². The number of carboxylic acid groups (broad SMARTS) is 1. The van der Waals surface area contributed by atoms with Gasteiger partial charge >= 0.3 is 5.97 Å². The highest BCUT2D eigenvalue weighted by Gasteiger charge is 2.21. The van der Waals surface area contributed by atoms with Crippen LogP contribution in [0.1, 0.15) is 11.7 Å². The third-order valence-corrected chi connectivity index (χ3v) is 2.66. The zero-order chi connectivity index (χ0) is 11.0. The molecule has 0 saturated heterocycles. The van der Waals surface area contributed by atoms with E-state index in [0.717, 1.165) is 4.47 Å². The molecule has 0 aliphatic carbocycles. The Labute approximate surface area is 93.0 Å². The number of nitrogens with one attached hydrogen (secondary N) is 1. The standard InChI is InChI=1S/C10H7BrFNO2/c11-5-1-2-6-7(9(12)10(14)15)4-13-8(6)3-5/h1-4,9,13H,(H,14,15). The van der Waals surface area contributed by atoms with Crippen molar-refractivity contribution in [3.05, 3.63) is 34.4 Å². The molecule has 1 aromatic heterocycles. The van der Waals surface area contributed by atoms with Crippen LogP contribution >= 0.6 is 15.9 Å². The number of aromatic nitrogens is 1. The van der Waals surface area contributed by atoms with Crippen molar-refractivity contribution < 1.29 is 14.3 Å². The number of rotatable bonds is 2. The van der Waals surface area contributed by atoms with Crippen LogP contribution in [-0.2, 0) is 4.79 Å². The average Bonchev–Trinajstić information content (AvgIpc) is 2.59. The zero-order valence-corrected chi connectivity index (χ0v) is 9.08. The number of carboxylic acids is 1. The molecule has 0 aliphatic rings. The molecule has 2 aromatic rings. The lowest BCUT2D eigenvalue weighted by atomic mass is 10.1. The summed E-state index contributed by atoms with van der Waals surface area (Å²) in [6.07, 6.45) is -0.601. The molecule has 1 unspecified atom stereocenters. The van der Waals surface area contributed by atoms with Crippen LogP contribution in [-0.4, -0.2) is 16.1 Å². The topological polar surface area (TPSA) is 53.1 Å². The molecule has 0 aliphatic heterocycles. The fourth-order valence-electron chi connectivity index (χ4n) is 1.46. The van der Waals surface area contributed by atoms with Gasteiger partial charge in [-0.15, -0.1) is 0 Å². The Morgan fingerprint density at radius 1 is 1.53 bits per heavy atom. The number of hydrogen-bond donors (Lipinski definition) is 2. The fraction of sp³-hybridized carbons (Fsp3) is 0.100. The number of aromatic amines is 1. The quantitative estimate of drug-likeness (QED) is 0.882. The molecule has 0 spiro atoms. The van der Waals surface area contributed by atoms with E-state index in [0.29, 0.717) is 10.9 Å². The van der Waals surface area contributed by atoms with E-state index in [1.165, 1.54) is 6.20 Å². The van der Waals surface area contributed by atoms with Crippen molar-refractivity contribution in [1.29, 1.82) is 0 Å². The van der Waals surface area contributed by atoms with Crippen LogP contribution in [0.15, 0.2) is 28.9 Å². The number of hydrogen-bond acceptors (Lipinski definition) is 1. The summed E-state index contributed by atoms with van der Waals surface area (Å²) in [6, 6.07) is 5.20. The van der Waals surface area contributed by atoms with Crippen molar-refractivity contribution in [1.82, 2.24) is 4.98 Å². The lowest BCUT2D eigenvalue weighted by Crippen LogP contribution is -2.04. The molecule has 78 valence electrons. The number of alkyl halides is 1. The van der Waals surface area contributed by atoms with Gasteiger partial charge in [0, 0.05) is 27.1 Å². The first kappa shape index (κ1) is 10.2. The van der Waals surface area contributed by atoms with Gasteiger partial charge in [-0.1, -0.05) is 22.0 Å². The first-order valence-corrected chi connectivity index (χ1v) is 5.02. The van der Waals surface area contributed by atoms with E-state index in [1.807, 2.05) is 0 Å². The smallest absolute Gasteiger partial charge is 0.343 e. The van der Waals surface area contributed by atoms with Crippen LogP contribution in [0.3, 0.4) is 0 Å². The van der Waals surface area contributed by atoms with Crippen LogP contribution in [0.2, 0.25) is 0 Å². The molecular formula is C10H7BrFNO2. The van der Waals surface area contributed by atoms with Gasteiger partial charge in [0.1, 0.15) is 0 Å². The Kier molecular flexibility index (Phi) is 2.48. The van der Waals surface area contributed by atoms with Gasteiger partial charge in [0.05, 0.1) is 0 Å². The molecule has 0 bridgehead atoms. The summed E-state index contributed by atoms with van der Waals surface area (Å²) in [5, 5.41) is 9.16. The summed E-state index contributed by atoms with van der Waals surface area (Å²) >= 11 is 3.28. The highest BCUT2D eigenvalue weighted by molar-refractivity contribution is 9.10. The highest BCUT2D eigenvalue weighted by atomic mass is 79.9. The van der Waals surface area contributed by atoms with Crippen molar-refractivity contribution in [3.63, 3.8) is 0 Å². The lowest BCUT2D eigenvalue weighted by molar-refractivity contribution is -0.142. The van der Waals surface area contributed by atoms with Gasteiger partial charge in [-0.05, 0) is 12.1 Å². The van der Waals surface area contributed by atoms with E-state index in [4.69, 9.17) is 5.11 Å². The second kappa shape index (κ2) is 3.66. The molecule has 15 heavy (non-hydrogen) atoms. The fourth-order valence-corrected chi connectivity index (χ4v) is 1.82. The Morgan fingerprint density at radius 2 is 2.27 bits per heavy atom. The van der Waals surface area contributed by atoms with Crippen LogP contribution < -0.4 is 0 Å². The van der Waals surface area contributed by atoms with Gasteiger partial charge in [0.2, 0.25) is 6.17 Å². The van der Waals surface area contributed by atoms with Crippen molar-refractivity contribution >= 4 is 32.8 Å². The summed E-state index contributed by atoms with van der Waals surface area (Å²) in [4.78, 5) is 13.3. The predicted octanol–water partition coefficient (Wildman–Crippen LogP) is 3.03. The van der Waals surface area contributed by atoms with Gasteiger partial charge < -0.3 is 10.1 Å². The molecule has 0 radical (unpaired) electrons. The van der Waals surface area contributed by atoms with Crippen LogP contribution in [0.5, 0.6) is 0 Å². The van der Waals surface area contributed by atoms with Crippen molar-refractivity contribution in [2.45, 2.75) is 6.17 Å². The van der Waals surface area contributed by atoms with Crippen LogP contribution in [0.25, 0.3) is 10.9 Å². The van der Waals surface area contributed by atoms with Gasteiger partial charge in [-0.25, -0.2) is 9.18 Å². The second-order valence-corrected chi connectivity index (χ2v) is 4.05. The maximum atomic E-state index is 13.3. The van der Waals surface area contributed by atoms with E-state index in [-0.39, 0.29) is 5.56 Å². The zero-order valence-electron chi connectivity index (χ0n) is 7.50. The number of benzene rings is 1. The Balaban J connectivity index is 2.59. The van der Waals surface area contributed by atoms with E-state index in [1.54, 1.807) is 18.2 Å². The second-order valence-electron chi connectivity index (χ2n) is 3.13. The third kappa shape index (κ3) is 1.74. The molecule has 1 aromatic carbocycles. The Morgan fingerprint density at radius 3 is 2.93 bits per heavy atom. The van der Waals surface area contributed by atoms with Crippen molar-refractivity contribution in [3.8, 4) is 0 Å². The minimum Gasteiger partial charge on any atom is -0.479 e. The number of fused-ring (bicyclic) bond motifs is 1. The number of halogens is 2. The molecule has 1 heterocycles. The van der Waals surface area contributed by atoms with Gasteiger partial charge in [-0.2, -0.15) is 0 Å². The van der Waals surface area contributed by atoms with E-state index in [9.17, 15) is 9.18 Å². The van der Waals surface area contributed by atoms with E-state index in [2.05, 4.69) is 20.9 Å². The summed E-state index contributed by atoms with van der Waals surface area (Å²) in [5.41, 5.74) is 0.869. The number of aliphatic carboxylic acids is 1. The lowest BCUT2D eigenvalue weighted by Gasteiger charge is -2.00. The van der Waals surface area contributed by atoms with Gasteiger partial charge in [0.25, 0.3) is 0 Å². The minimum atomic E-state index is -1.99. The Bertz CT molecular complexity index is 523. The maximum absolute atomic E-state index is 13.3. The number of H-pyrrole nitrogens is 1. The molecule has 5 heteroatoms. The molecule has 1 atom stereocenters. The molecule has 0 fully saturated rings. The number of carbonyl (C=O) groups is 1. The van der Waals surface area contributed by atoms with Gasteiger partial charge in [-0.3, -0.25) is 0 Å². The predicted molar refractivity (Wildman–Crippen MR) is 57.5 cm³/mol. The van der Waals surface area contributed by atoms with E-state index < -0.39 is 12.1 Å². The van der Waals surface area contributed by atoms with Crippen molar-refractivity contribution in [2.24, 2.45) is 0 Å². The molecule has 2 rings (SSSR count). The summed E-state index contributed by atoms with van der Waals surface area (Å²) in [6.45, 7) is 0. The summed E-state index contributed by atoms with van der Waals surface area (Å²) in [7, 11) is 0. The first-order chi connectivity index (χ1) is 7.09. The largest absolute Gasteiger partial charge is 0.479 e. The minimum absolute atomic E-state index is 0.157. The normalized spacial score (nSPS) is 12.9. The first-order valence-electron chi connectivity index (χ1n) is 4.23. The summed E-state index contributed by atoms with van der Waals surface area (Å²) in [5.74, 6) is -1.47. The maximum Gasteiger partial charge on any atom is 0.343 e. The van der Waals surface area contributed by atoms with E-state index >= 15 is 0 Å². The third-order valence-electron chi connectivity index (χ3n) is 2.17. The van der Waals surface area contributed by atoms with Crippen molar-refractivity contribution in [2.75, 3.05) is 0 Å². The van der Waals surface area contributed by atoms with Crippen LogP contribution in [0, 0.1) is 0 Å². The SMILES string of the molecule is O=C(O)C(F)c1c[nH]c2cc(Br)ccc12. The Hall–Kier alpha value is -1.36. The van der Waals surface area contributed by atoms with Gasteiger partial charge in [0.15, 0.2) is 0 Å². The average molecular weight is 272 g/mol. The molecule has 2 N–H and O–H groups in total. The molecule has 3 nitrogen and oxygen atoms in total. The molecular weight excluding hydrogens is 265 g/mol. The summed E-state index contributed by atoms with van der Waals surface area (Å²) < 4.78 is 14.1. The monoisotopic (exact) mass is 271 g/mol. The molecule has 0 amide bonds. The highest BCUT2D eigenvalue weighted by Crippen LogP contribution is 2.28. The molecule has 0 saturated carbocycles.